The second kappa shape index (κ2) is 4.63. The molecule has 1 unspecified atom stereocenters. The van der Waals surface area contributed by atoms with Crippen LogP contribution in [0.5, 0.6) is 0 Å². The van der Waals surface area contributed by atoms with Crippen molar-refractivity contribution in [2.75, 3.05) is 0 Å². The van der Waals surface area contributed by atoms with Crippen LogP contribution in [-0.2, 0) is 16.7 Å². The maximum Gasteiger partial charge on any atom is 0.283 e. The topological polar surface area (TPSA) is 86.2 Å². The molecule has 0 heterocycles. The number of hydrogen-bond donors (Lipinski definition) is 1. The van der Waals surface area contributed by atoms with Gasteiger partial charge in [0, 0.05) is 6.07 Å². The molecule has 0 saturated carbocycles. The van der Waals surface area contributed by atoms with Crippen molar-refractivity contribution in [1.82, 2.24) is 0 Å². The van der Waals surface area contributed by atoms with Crippen LogP contribution in [0.4, 0.5) is 5.69 Å². The molecule has 5 nitrogen and oxygen atoms in total. The lowest BCUT2D eigenvalue weighted by Gasteiger charge is -1.99. The summed E-state index contributed by atoms with van der Waals surface area (Å²) in [7, 11) is -1.48. The third-order valence-electron chi connectivity index (χ3n) is 1.52. The molecule has 0 fully saturated rings. The summed E-state index contributed by atoms with van der Waals surface area (Å²) >= 11 is 3.05. The molecule has 0 bridgehead atoms. The van der Waals surface area contributed by atoms with Gasteiger partial charge in [-0.1, -0.05) is 6.07 Å². The minimum atomic E-state index is -1.48. The summed E-state index contributed by atoms with van der Waals surface area (Å²) in [5.41, 5.74) is 0.536. The van der Waals surface area contributed by atoms with Crippen LogP contribution in [0, 0.1) is 10.1 Å². The van der Waals surface area contributed by atoms with Gasteiger partial charge in [-0.25, -0.2) is 4.21 Å². The van der Waals surface area contributed by atoms with E-state index in [4.69, 9.17) is 5.14 Å². The first kappa shape index (κ1) is 11.3. The Morgan fingerprint density at radius 1 is 1.57 bits per heavy atom. The number of nitrogens with zero attached hydrogens (tertiary/aromatic N) is 1. The lowest BCUT2D eigenvalue weighted by molar-refractivity contribution is -0.385. The molecule has 2 N–H and O–H groups in total. The summed E-state index contributed by atoms with van der Waals surface area (Å²) in [5.74, 6) is 0.119. The van der Waals surface area contributed by atoms with Gasteiger partial charge in [-0.3, -0.25) is 15.3 Å². The van der Waals surface area contributed by atoms with Crippen molar-refractivity contribution in [1.29, 1.82) is 0 Å². The number of nitrogens with two attached hydrogens (primary N) is 1. The first-order valence-electron chi connectivity index (χ1n) is 3.56. The van der Waals surface area contributed by atoms with Crippen molar-refractivity contribution in [2.45, 2.75) is 5.75 Å². The van der Waals surface area contributed by atoms with Crippen LogP contribution < -0.4 is 5.14 Å². The van der Waals surface area contributed by atoms with Gasteiger partial charge in [-0.05, 0) is 27.6 Å². The second-order valence-corrected chi connectivity index (χ2v) is 4.47. The summed E-state index contributed by atoms with van der Waals surface area (Å²) in [4.78, 5) is 10.0. The largest absolute Gasteiger partial charge is 0.283 e. The van der Waals surface area contributed by atoms with Gasteiger partial charge in [-0.2, -0.15) is 0 Å². The Kier molecular flexibility index (Phi) is 3.73. The molecule has 0 aliphatic carbocycles. The molecule has 7 heteroatoms. The van der Waals surface area contributed by atoms with E-state index in [0.29, 0.717) is 10.0 Å². The molecule has 0 aliphatic rings. The Bertz CT molecular complexity index is 397. The minimum Gasteiger partial charge on any atom is -0.258 e. The molecule has 0 spiro atoms. The second-order valence-electron chi connectivity index (χ2n) is 2.57. The third-order valence-corrected chi connectivity index (χ3v) is 2.80. The monoisotopic (exact) mass is 278 g/mol. The van der Waals surface area contributed by atoms with E-state index in [1.165, 1.54) is 6.07 Å². The average Bonchev–Trinajstić information content (AvgIpc) is 2.07. The van der Waals surface area contributed by atoms with Crippen LogP contribution in [0.1, 0.15) is 5.56 Å². The predicted octanol–water partition coefficient (Wildman–Crippen LogP) is 1.48. The van der Waals surface area contributed by atoms with Crippen LogP contribution in [0.3, 0.4) is 0 Å². The number of benzene rings is 1. The Morgan fingerprint density at radius 2 is 2.21 bits per heavy atom. The van der Waals surface area contributed by atoms with E-state index in [2.05, 4.69) is 15.9 Å². The van der Waals surface area contributed by atoms with E-state index in [1.807, 2.05) is 0 Å². The number of hydrogen-bond acceptors (Lipinski definition) is 3. The van der Waals surface area contributed by atoms with Crippen molar-refractivity contribution < 1.29 is 9.13 Å². The molecule has 0 aliphatic heterocycles. The highest BCUT2D eigenvalue weighted by atomic mass is 79.9. The van der Waals surface area contributed by atoms with Gasteiger partial charge in [0.2, 0.25) is 0 Å². The quantitative estimate of drug-likeness (QED) is 0.671. The number of rotatable bonds is 3. The van der Waals surface area contributed by atoms with E-state index in [9.17, 15) is 14.3 Å². The van der Waals surface area contributed by atoms with Crippen molar-refractivity contribution in [2.24, 2.45) is 5.14 Å². The smallest absolute Gasteiger partial charge is 0.258 e. The third kappa shape index (κ3) is 2.86. The fourth-order valence-corrected chi connectivity index (χ4v) is 1.85. The summed E-state index contributed by atoms with van der Waals surface area (Å²) in [5, 5.41) is 15.6. The lowest BCUT2D eigenvalue weighted by Crippen LogP contribution is -2.05. The zero-order chi connectivity index (χ0) is 10.7. The van der Waals surface area contributed by atoms with Gasteiger partial charge < -0.3 is 0 Å². The van der Waals surface area contributed by atoms with Crippen molar-refractivity contribution in [3.05, 3.63) is 38.3 Å². The summed E-state index contributed by atoms with van der Waals surface area (Å²) in [6.45, 7) is 0. The van der Waals surface area contributed by atoms with Gasteiger partial charge in [0.05, 0.1) is 26.1 Å². The number of halogens is 1. The van der Waals surface area contributed by atoms with Crippen LogP contribution >= 0.6 is 15.9 Å². The Labute approximate surface area is 91.2 Å². The SMILES string of the molecule is NS(=O)Cc1ccc(Br)c([N+](=O)[O-])c1. The maximum atomic E-state index is 10.7. The molecule has 0 amide bonds. The molecule has 1 rings (SSSR count). The molecule has 14 heavy (non-hydrogen) atoms. The van der Waals surface area contributed by atoms with Crippen molar-refractivity contribution in [3.8, 4) is 0 Å². The summed E-state index contributed by atoms with van der Waals surface area (Å²) in [6, 6.07) is 4.54. The van der Waals surface area contributed by atoms with Crippen LogP contribution in [0.2, 0.25) is 0 Å². The standard InChI is InChI=1S/C7H7BrN2O3S/c8-6-2-1-5(4-14(9)13)3-7(6)10(11)12/h1-3H,4,9H2. The Balaban J connectivity index is 3.06. The average molecular weight is 279 g/mol. The van der Waals surface area contributed by atoms with Gasteiger partial charge in [0.25, 0.3) is 5.69 Å². The van der Waals surface area contributed by atoms with Gasteiger partial charge in [-0.15, -0.1) is 0 Å². The van der Waals surface area contributed by atoms with E-state index < -0.39 is 15.9 Å². The van der Waals surface area contributed by atoms with Gasteiger partial charge in [0.15, 0.2) is 0 Å². The normalized spacial score (nSPS) is 12.4. The fraction of sp³-hybridized carbons (Fsp3) is 0.143. The zero-order valence-electron chi connectivity index (χ0n) is 6.97. The predicted molar refractivity (Wildman–Crippen MR) is 56.8 cm³/mol. The molecule has 0 radical (unpaired) electrons. The van der Waals surface area contributed by atoms with E-state index in [1.54, 1.807) is 12.1 Å². The van der Waals surface area contributed by atoms with Crippen LogP contribution in [0.15, 0.2) is 22.7 Å². The molecule has 1 aromatic carbocycles. The maximum absolute atomic E-state index is 10.7. The minimum absolute atomic E-state index is 0.0482. The number of nitro groups is 1. The Hall–Kier alpha value is -0.790. The number of nitro benzene ring substituents is 1. The first-order chi connectivity index (χ1) is 6.50. The fourth-order valence-electron chi connectivity index (χ4n) is 0.952. The highest BCUT2D eigenvalue weighted by molar-refractivity contribution is 9.10. The van der Waals surface area contributed by atoms with Gasteiger partial charge in [0.1, 0.15) is 0 Å². The molecule has 1 atom stereocenters. The molecule has 76 valence electrons. The van der Waals surface area contributed by atoms with Gasteiger partial charge >= 0.3 is 0 Å². The first-order valence-corrected chi connectivity index (χ1v) is 5.74. The van der Waals surface area contributed by atoms with E-state index in [0.717, 1.165) is 0 Å². The molecular formula is C7H7BrN2O3S. The molecule has 0 aromatic heterocycles. The zero-order valence-corrected chi connectivity index (χ0v) is 9.38. The van der Waals surface area contributed by atoms with E-state index in [-0.39, 0.29) is 11.4 Å². The highest BCUT2D eigenvalue weighted by Crippen LogP contribution is 2.25. The van der Waals surface area contributed by atoms with Crippen LogP contribution in [0.25, 0.3) is 0 Å². The van der Waals surface area contributed by atoms with E-state index >= 15 is 0 Å². The Morgan fingerprint density at radius 3 is 2.71 bits per heavy atom. The molecule has 1 aromatic rings. The summed E-state index contributed by atoms with van der Waals surface area (Å²) in [6.07, 6.45) is 0. The lowest BCUT2D eigenvalue weighted by atomic mass is 10.2. The molecular weight excluding hydrogens is 272 g/mol. The summed E-state index contributed by atoms with van der Waals surface area (Å²) < 4.78 is 11.1. The van der Waals surface area contributed by atoms with Crippen molar-refractivity contribution in [3.63, 3.8) is 0 Å². The van der Waals surface area contributed by atoms with Crippen LogP contribution in [-0.4, -0.2) is 9.13 Å². The van der Waals surface area contributed by atoms with Crippen molar-refractivity contribution >= 4 is 32.6 Å². The highest BCUT2D eigenvalue weighted by Gasteiger charge is 2.12. The molecule has 0 saturated heterocycles.